The number of nitrogens with one attached hydrogen (secondary N) is 1. The molecule has 1 aromatic rings. The molecule has 0 amide bonds. The monoisotopic (exact) mass is 293 g/mol. The molecular weight excluding hydrogens is 273 g/mol. The Balaban J connectivity index is 1.47. The zero-order valence-corrected chi connectivity index (χ0v) is 12.4. The first-order valence-electron chi connectivity index (χ1n) is 7.81. The predicted molar refractivity (Wildman–Crippen MR) is 79.2 cm³/mol. The van der Waals surface area contributed by atoms with Crippen LogP contribution in [0.25, 0.3) is 0 Å². The van der Waals surface area contributed by atoms with Crippen LogP contribution in [0.3, 0.4) is 0 Å². The quantitative estimate of drug-likeness (QED) is 0.863. The highest BCUT2D eigenvalue weighted by atomic mass is 35.5. The van der Waals surface area contributed by atoms with E-state index in [9.17, 15) is 4.39 Å². The second-order valence-corrected chi connectivity index (χ2v) is 7.71. The first-order valence-corrected chi connectivity index (χ1v) is 8.19. The van der Waals surface area contributed by atoms with Crippen molar-refractivity contribution in [3.63, 3.8) is 0 Å². The molecule has 4 aliphatic carbocycles. The highest BCUT2D eigenvalue weighted by Gasteiger charge is 2.50. The third-order valence-electron chi connectivity index (χ3n) is 5.69. The molecular formula is C17H21ClFN. The van der Waals surface area contributed by atoms with Gasteiger partial charge in [0.05, 0.1) is 5.02 Å². The molecule has 0 spiro atoms. The van der Waals surface area contributed by atoms with Gasteiger partial charge in [-0.3, -0.25) is 0 Å². The number of hydrogen-bond acceptors (Lipinski definition) is 1. The smallest absolute Gasteiger partial charge is 0.142 e. The second kappa shape index (κ2) is 4.71. The van der Waals surface area contributed by atoms with Crippen molar-refractivity contribution >= 4 is 11.6 Å². The molecule has 20 heavy (non-hydrogen) atoms. The minimum atomic E-state index is -0.309. The largest absolute Gasteiger partial charge is 0.307 e. The van der Waals surface area contributed by atoms with Crippen LogP contribution in [0.15, 0.2) is 18.2 Å². The summed E-state index contributed by atoms with van der Waals surface area (Å²) in [7, 11) is 0. The van der Waals surface area contributed by atoms with Gasteiger partial charge in [-0.2, -0.15) is 0 Å². The Kier molecular flexibility index (Phi) is 3.08. The molecule has 5 rings (SSSR count). The molecule has 108 valence electrons. The second-order valence-electron chi connectivity index (χ2n) is 7.30. The zero-order chi connectivity index (χ0) is 13.7. The van der Waals surface area contributed by atoms with E-state index >= 15 is 0 Å². The van der Waals surface area contributed by atoms with Crippen molar-refractivity contribution in [2.24, 2.45) is 17.8 Å². The van der Waals surface area contributed by atoms with E-state index in [1.54, 1.807) is 12.1 Å². The molecule has 4 saturated carbocycles. The molecule has 4 fully saturated rings. The lowest BCUT2D eigenvalue weighted by atomic mass is 9.53. The fraction of sp³-hybridized carbons (Fsp3) is 0.647. The van der Waals surface area contributed by atoms with Crippen LogP contribution in [0, 0.1) is 23.6 Å². The maximum absolute atomic E-state index is 13.5. The molecule has 0 unspecified atom stereocenters. The molecule has 0 radical (unpaired) electrons. The molecule has 0 heterocycles. The van der Waals surface area contributed by atoms with Crippen molar-refractivity contribution < 1.29 is 4.39 Å². The molecule has 1 N–H and O–H groups in total. The minimum absolute atomic E-state index is 0.212. The molecule has 1 aromatic carbocycles. The highest BCUT2D eigenvalue weighted by molar-refractivity contribution is 6.30. The van der Waals surface area contributed by atoms with E-state index in [0.29, 0.717) is 5.54 Å². The number of hydrogen-bond donors (Lipinski definition) is 1. The van der Waals surface area contributed by atoms with Crippen molar-refractivity contribution in [1.29, 1.82) is 0 Å². The van der Waals surface area contributed by atoms with E-state index in [0.717, 1.165) is 29.9 Å². The number of halogens is 2. The number of benzene rings is 1. The molecule has 1 nitrogen and oxygen atoms in total. The fourth-order valence-corrected chi connectivity index (χ4v) is 5.38. The Morgan fingerprint density at radius 1 is 1.10 bits per heavy atom. The van der Waals surface area contributed by atoms with E-state index in [-0.39, 0.29) is 10.8 Å². The molecule has 0 atom stereocenters. The standard InChI is InChI=1S/C17H21ClFN/c18-15-2-1-11(6-16(15)19)10-20-17-7-12-3-13(8-17)5-14(4-12)9-17/h1-2,6,12-14,20H,3-5,7-10H2. The van der Waals surface area contributed by atoms with Crippen LogP contribution in [0.4, 0.5) is 4.39 Å². The first kappa shape index (κ1) is 13.1. The Hall–Kier alpha value is -0.600. The maximum Gasteiger partial charge on any atom is 0.142 e. The molecule has 3 heteroatoms. The van der Waals surface area contributed by atoms with Crippen molar-refractivity contribution in [3.05, 3.63) is 34.6 Å². The lowest BCUT2D eigenvalue weighted by Gasteiger charge is -2.57. The van der Waals surface area contributed by atoms with Crippen LogP contribution in [0.5, 0.6) is 0 Å². The van der Waals surface area contributed by atoms with Gasteiger partial charge in [0.15, 0.2) is 0 Å². The van der Waals surface area contributed by atoms with Crippen LogP contribution < -0.4 is 5.32 Å². The number of rotatable bonds is 3. The van der Waals surface area contributed by atoms with Crippen LogP contribution >= 0.6 is 11.6 Å². The average Bonchev–Trinajstić information content (AvgIpc) is 2.39. The minimum Gasteiger partial charge on any atom is -0.307 e. The fourth-order valence-electron chi connectivity index (χ4n) is 5.27. The Labute approximate surface area is 124 Å². The molecule has 0 saturated heterocycles. The van der Waals surface area contributed by atoms with Crippen molar-refractivity contribution in [2.45, 2.75) is 50.6 Å². The maximum atomic E-state index is 13.5. The predicted octanol–water partition coefficient (Wildman–Crippen LogP) is 4.54. The SMILES string of the molecule is Fc1cc(CNC23CC4CC(CC(C4)C2)C3)ccc1Cl. The summed E-state index contributed by atoms with van der Waals surface area (Å²) < 4.78 is 13.5. The van der Waals surface area contributed by atoms with Crippen LogP contribution in [0.2, 0.25) is 5.02 Å². The van der Waals surface area contributed by atoms with Gasteiger partial charge in [-0.1, -0.05) is 17.7 Å². The van der Waals surface area contributed by atoms with Crippen molar-refractivity contribution in [2.75, 3.05) is 0 Å². The molecule has 4 aliphatic rings. The summed E-state index contributed by atoms with van der Waals surface area (Å²) in [6.45, 7) is 0.764. The lowest BCUT2D eigenvalue weighted by Crippen LogP contribution is -2.58. The van der Waals surface area contributed by atoms with E-state index in [2.05, 4.69) is 5.32 Å². The van der Waals surface area contributed by atoms with E-state index in [1.165, 1.54) is 38.5 Å². The van der Waals surface area contributed by atoms with E-state index in [4.69, 9.17) is 11.6 Å². The summed E-state index contributed by atoms with van der Waals surface area (Å²) in [6, 6.07) is 5.16. The van der Waals surface area contributed by atoms with Gasteiger partial charge in [-0.05, 0) is 74.0 Å². The van der Waals surface area contributed by atoms with Gasteiger partial charge < -0.3 is 5.32 Å². The summed E-state index contributed by atoms with van der Waals surface area (Å²) >= 11 is 5.74. The van der Waals surface area contributed by atoms with Gasteiger partial charge in [0, 0.05) is 12.1 Å². The zero-order valence-electron chi connectivity index (χ0n) is 11.7. The summed E-state index contributed by atoms with van der Waals surface area (Å²) in [5.74, 6) is 2.51. The van der Waals surface area contributed by atoms with Crippen LogP contribution in [-0.2, 0) is 6.54 Å². The van der Waals surface area contributed by atoms with Crippen LogP contribution in [-0.4, -0.2) is 5.54 Å². The third-order valence-corrected chi connectivity index (χ3v) is 6.00. The topological polar surface area (TPSA) is 12.0 Å². The summed E-state index contributed by atoms with van der Waals surface area (Å²) in [4.78, 5) is 0. The van der Waals surface area contributed by atoms with Gasteiger partial charge in [0.1, 0.15) is 5.82 Å². The van der Waals surface area contributed by atoms with Gasteiger partial charge in [0.2, 0.25) is 0 Å². The van der Waals surface area contributed by atoms with Gasteiger partial charge in [-0.15, -0.1) is 0 Å². The Morgan fingerprint density at radius 2 is 1.70 bits per heavy atom. The Bertz CT molecular complexity index is 492. The van der Waals surface area contributed by atoms with Crippen molar-refractivity contribution in [1.82, 2.24) is 5.32 Å². The third kappa shape index (κ3) is 2.27. The van der Waals surface area contributed by atoms with Gasteiger partial charge in [0.25, 0.3) is 0 Å². The summed E-state index contributed by atoms with van der Waals surface area (Å²) in [5.41, 5.74) is 1.34. The molecule has 0 aliphatic heterocycles. The van der Waals surface area contributed by atoms with Crippen LogP contribution in [0.1, 0.15) is 44.1 Å². The van der Waals surface area contributed by atoms with Gasteiger partial charge >= 0.3 is 0 Å². The lowest BCUT2D eigenvalue weighted by molar-refractivity contribution is -0.0206. The normalized spacial score (nSPS) is 38.4. The Morgan fingerprint density at radius 3 is 2.25 bits per heavy atom. The molecule has 0 aromatic heterocycles. The van der Waals surface area contributed by atoms with E-state index in [1.807, 2.05) is 6.07 Å². The van der Waals surface area contributed by atoms with Gasteiger partial charge in [-0.25, -0.2) is 4.39 Å². The van der Waals surface area contributed by atoms with E-state index < -0.39 is 0 Å². The highest BCUT2D eigenvalue weighted by Crippen LogP contribution is 2.55. The summed E-state index contributed by atoms with van der Waals surface area (Å²) in [5, 5.41) is 3.99. The molecule has 4 bridgehead atoms. The average molecular weight is 294 g/mol. The summed E-state index contributed by atoms with van der Waals surface area (Å²) in [6.07, 6.45) is 8.35. The first-order chi connectivity index (χ1) is 9.62. The van der Waals surface area contributed by atoms with Crippen molar-refractivity contribution in [3.8, 4) is 0 Å².